The molecule has 130 valence electrons. The molecule has 6 nitrogen and oxygen atoms in total. The first-order valence-corrected chi connectivity index (χ1v) is 8.96. The zero-order valence-corrected chi connectivity index (χ0v) is 14.8. The van der Waals surface area contributed by atoms with Gasteiger partial charge in [0.1, 0.15) is 5.82 Å². The highest BCUT2D eigenvalue weighted by atomic mass is 15.2. The molecule has 0 amide bonds. The van der Waals surface area contributed by atoms with Crippen LogP contribution in [0.3, 0.4) is 0 Å². The van der Waals surface area contributed by atoms with Crippen LogP contribution in [0.5, 0.6) is 0 Å². The average Bonchev–Trinajstić information content (AvgIpc) is 3.22. The maximum absolute atomic E-state index is 4.90. The standard InChI is InChI=1S/C19H24N6/c1-3-20-19-21-11-14(12-22-19)13-25-10-6-9-17(25)18-23-15-7-4-5-8-16(15)24(18)2/h4-5,7-8,11-12,17H,3,6,9-10,13H2,1-2H3,(H,20,21,22)/t17-/m1/s1. The van der Waals surface area contributed by atoms with Gasteiger partial charge < -0.3 is 9.88 Å². The third-order valence-corrected chi connectivity index (χ3v) is 4.91. The Labute approximate surface area is 147 Å². The van der Waals surface area contributed by atoms with Crippen LogP contribution >= 0.6 is 0 Å². The van der Waals surface area contributed by atoms with Crippen LogP contribution in [0.25, 0.3) is 11.0 Å². The summed E-state index contributed by atoms with van der Waals surface area (Å²) in [5, 5.41) is 3.14. The van der Waals surface area contributed by atoms with Crippen LogP contribution in [0.4, 0.5) is 5.95 Å². The van der Waals surface area contributed by atoms with E-state index in [0.29, 0.717) is 12.0 Å². The van der Waals surface area contributed by atoms with E-state index in [1.807, 2.05) is 19.3 Å². The van der Waals surface area contributed by atoms with Gasteiger partial charge in [-0.1, -0.05) is 12.1 Å². The number of likely N-dealkylation sites (tertiary alicyclic amines) is 1. The van der Waals surface area contributed by atoms with E-state index in [4.69, 9.17) is 4.98 Å². The summed E-state index contributed by atoms with van der Waals surface area (Å²) < 4.78 is 2.24. The van der Waals surface area contributed by atoms with Gasteiger partial charge in [0.15, 0.2) is 0 Å². The lowest BCUT2D eigenvalue weighted by atomic mass is 10.2. The fraction of sp³-hybridized carbons (Fsp3) is 0.421. The molecule has 0 bridgehead atoms. The molecule has 0 spiro atoms. The number of anilines is 1. The Morgan fingerprint density at radius 3 is 2.76 bits per heavy atom. The molecule has 3 heterocycles. The van der Waals surface area contributed by atoms with Gasteiger partial charge in [0.05, 0.1) is 17.1 Å². The van der Waals surface area contributed by atoms with Gasteiger partial charge >= 0.3 is 0 Å². The number of aryl methyl sites for hydroxylation is 1. The first kappa shape index (κ1) is 16.0. The second kappa shape index (κ2) is 6.80. The van der Waals surface area contributed by atoms with Gasteiger partial charge in [0, 0.05) is 38.1 Å². The Morgan fingerprint density at radius 1 is 1.20 bits per heavy atom. The molecule has 4 rings (SSSR count). The Kier molecular flexibility index (Phi) is 4.36. The Morgan fingerprint density at radius 2 is 2.00 bits per heavy atom. The summed E-state index contributed by atoms with van der Waals surface area (Å²) in [5.74, 6) is 1.85. The van der Waals surface area contributed by atoms with E-state index in [1.165, 1.54) is 11.9 Å². The molecule has 1 atom stereocenters. The summed E-state index contributed by atoms with van der Waals surface area (Å²) in [7, 11) is 2.12. The van der Waals surface area contributed by atoms with Gasteiger partial charge in [-0.25, -0.2) is 15.0 Å². The van der Waals surface area contributed by atoms with Crippen LogP contribution in [0.2, 0.25) is 0 Å². The van der Waals surface area contributed by atoms with Gasteiger partial charge in [0.2, 0.25) is 5.95 Å². The minimum absolute atomic E-state index is 0.353. The van der Waals surface area contributed by atoms with Crippen molar-refractivity contribution in [1.29, 1.82) is 0 Å². The molecule has 6 heteroatoms. The maximum atomic E-state index is 4.90. The number of para-hydroxylation sites is 2. The summed E-state index contributed by atoms with van der Waals surface area (Å²) >= 11 is 0. The van der Waals surface area contributed by atoms with Crippen molar-refractivity contribution < 1.29 is 0 Å². The van der Waals surface area contributed by atoms with E-state index >= 15 is 0 Å². The predicted octanol–water partition coefficient (Wildman–Crippen LogP) is 3.13. The lowest BCUT2D eigenvalue weighted by Gasteiger charge is -2.24. The summed E-state index contributed by atoms with van der Waals surface area (Å²) in [6.45, 7) is 4.83. The molecule has 2 aromatic heterocycles. The van der Waals surface area contributed by atoms with E-state index in [2.05, 4.69) is 56.1 Å². The van der Waals surface area contributed by atoms with Gasteiger partial charge in [-0.2, -0.15) is 0 Å². The highest BCUT2D eigenvalue weighted by molar-refractivity contribution is 5.75. The molecule has 1 aliphatic heterocycles. The second-order valence-corrected chi connectivity index (χ2v) is 6.59. The molecule has 0 saturated carbocycles. The predicted molar refractivity (Wildman–Crippen MR) is 99.3 cm³/mol. The fourth-order valence-electron chi connectivity index (χ4n) is 3.69. The highest BCUT2D eigenvalue weighted by Gasteiger charge is 2.29. The van der Waals surface area contributed by atoms with Crippen LogP contribution in [-0.4, -0.2) is 37.5 Å². The number of benzene rings is 1. The van der Waals surface area contributed by atoms with E-state index < -0.39 is 0 Å². The van der Waals surface area contributed by atoms with Crippen LogP contribution in [-0.2, 0) is 13.6 Å². The topological polar surface area (TPSA) is 58.9 Å². The molecular formula is C19H24N6. The number of rotatable bonds is 5. The second-order valence-electron chi connectivity index (χ2n) is 6.59. The average molecular weight is 336 g/mol. The summed E-state index contributed by atoms with van der Waals surface area (Å²) in [6, 6.07) is 8.70. The number of hydrogen-bond acceptors (Lipinski definition) is 5. The van der Waals surface area contributed by atoms with Gasteiger partial charge in [-0.15, -0.1) is 0 Å². The number of hydrogen-bond donors (Lipinski definition) is 1. The summed E-state index contributed by atoms with van der Waals surface area (Å²) in [5.41, 5.74) is 3.42. The van der Waals surface area contributed by atoms with Gasteiger partial charge in [0.25, 0.3) is 0 Å². The minimum atomic E-state index is 0.353. The summed E-state index contributed by atoms with van der Waals surface area (Å²) in [6.07, 6.45) is 6.20. The lowest BCUT2D eigenvalue weighted by molar-refractivity contribution is 0.236. The van der Waals surface area contributed by atoms with Crippen molar-refractivity contribution in [3.05, 3.63) is 48.0 Å². The van der Waals surface area contributed by atoms with Gasteiger partial charge in [-0.05, 0) is 38.4 Å². The molecular weight excluding hydrogens is 312 g/mol. The van der Waals surface area contributed by atoms with E-state index in [0.717, 1.165) is 43.0 Å². The molecule has 1 saturated heterocycles. The third-order valence-electron chi connectivity index (χ3n) is 4.91. The SMILES string of the molecule is CCNc1ncc(CN2CCC[C@@H]2c2nc3ccccc3n2C)cn1. The van der Waals surface area contributed by atoms with E-state index in [9.17, 15) is 0 Å². The molecule has 1 fully saturated rings. The lowest BCUT2D eigenvalue weighted by Crippen LogP contribution is -2.25. The van der Waals surface area contributed by atoms with Crippen molar-refractivity contribution in [1.82, 2.24) is 24.4 Å². The first-order valence-electron chi connectivity index (χ1n) is 8.96. The molecule has 25 heavy (non-hydrogen) atoms. The Bertz CT molecular complexity index is 854. The molecule has 1 N–H and O–H groups in total. The highest BCUT2D eigenvalue weighted by Crippen LogP contribution is 2.33. The molecule has 0 aliphatic carbocycles. The fourth-order valence-corrected chi connectivity index (χ4v) is 3.69. The van der Waals surface area contributed by atoms with Crippen LogP contribution in [0, 0.1) is 0 Å². The number of imidazole rings is 1. The minimum Gasteiger partial charge on any atom is -0.355 e. The normalized spacial score (nSPS) is 18.1. The quantitative estimate of drug-likeness (QED) is 0.776. The van der Waals surface area contributed by atoms with Crippen LogP contribution in [0.1, 0.15) is 37.2 Å². The largest absolute Gasteiger partial charge is 0.355 e. The molecule has 1 aromatic carbocycles. The van der Waals surface area contributed by atoms with Crippen molar-refractivity contribution in [2.24, 2.45) is 7.05 Å². The van der Waals surface area contributed by atoms with Crippen molar-refractivity contribution in [2.75, 3.05) is 18.4 Å². The monoisotopic (exact) mass is 336 g/mol. The molecule has 1 aliphatic rings. The zero-order chi connectivity index (χ0) is 17.2. The van der Waals surface area contributed by atoms with E-state index in [-0.39, 0.29) is 0 Å². The number of aromatic nitrogens is 4. The molecule has 0 unspecified atom stereocenters. The van der Waals surface area contributed by atoms with E-state index in [1.54, 1.807) is 0 Å². The third kappa shape index (κ3) is 3.09. The smallest absolute Gasteiger partial charge is 0.222 e. The van der Waals surface area contributed by atoms with Crippen LogP contribution < -0.4 is 5.32 Å². The van der Waals surface area contributed by atoms with Crippen molar-refractivity contribution >= 4 is 17.0 Å². The van der Waals surface area contributed by atoms with Crippen molar-refractivity contribution in [3.8, 4) is 0 Å². The zero-order valence-electron chi connectivity index (χ0n) is 14.8. The maximum Gasteiger partial charge on any atom is 0.222 e. The summed E-state index contributed by atoms with van der Waals surface area (Å²) in [4.78, 5) is 16.2. The first-order chi connectivity index (χ1) is 12.3. The number of fused-ring (bicyclic) bond motifs is 1. The number of nitrogens with one attached hydrogen (secondary N) is 1. The van der Waals surface area contributed by atoms with Crippen molar-refractivity contribution in [3.63, 3.8) is 0 Å². The molecule has 3 aromatic rings. The Balaban J connectivity index is 1.56. The number of nitrogens with zero attached hydrogens (tertiary/aromatic N) is 5. The van der Waals surface area contributed by atoms with Gasteiger partial charge in [-0.3, -0.25) is 4.90 Å². The molecule has 0 radical (unpaired) electrons. The van der Waals surface area contributed by atoms with Crippen LogP contribution in [0.15, 0.2) is 36.7 Å². The van der Waals surface area contributed by atoms with Crippen molar-refractivity contribution in [2.45, 2.75) is 32.4 Å². The Hall–Kier alpha value is -2.47.